The van der Waals surface area contributed by atoms with Crippen LogP contribution in [-0.4, -0.2) is 13.2 Å². The van der Waals surface area contributed by atoms with E-state index in [0.717, 1.165) is 10.6 Å². The second-order valence-electron chi connectivity index (χ2n) is 3.25. The monoisotopic (exact) mass is 198 g/mol. The normalized spacial score (nSPS) is 15.4. The third-order valence-corrected chi connectivity index (χ3v) is 2.82. The Morgan fingerprint density at radius 1 is 1.23 bits per heavy atom. The van der Waals surface area contributed by atoms with E-state index in [0.29, 0.717) is 5.92 Å². The molecule has 0 spiro atoms. The van der Waals surface area contributed by atoms with Gasteiger partial charge in [0.1, 0.15) is 0 Å². The first-order chi connectivity index (χ1) is 6.16. The fourth-order valence-corrected chi connectivity index (χ4v) is 1.61. The molecule has 0 aliphatic rings. The molecule has 0 aliphatic carbocycles. The quantitative estimate of drug-likeness (QED) is 0.723. The first kappa shape index (κ1) is 10.6. The van der Waals surface area contributed by atoms with E-state index in [1.807, 2.05) is 31.2 Å². The predicted octanol–water partition coefficient (Wildman–Crippen LogP) is 3.48. The van der Waals surface area contributed by atoms with Gasteiger partial charge in [0, 0.05) is 18.1 Å². The minimum atomic E-state index is 0.194. The molecule has 1 aromatic carbocycles. The molecular formula is C11H15ClO. The smallest absolute Gasteiger partial charge is 0.0609 e. The van der Waals surface area contributed by atoms with Crippen molar-refractivity contribution >= 4 is 11.6 Å². The molecule has 72 valence electrons. The van der Waals surface area contributed by atoms with Crippen LogP contribution in [0.3, 0.4) is 0 Å². The minimum absolute atomic E-state index is 0.194. The molecule has 2 unspecified atom stereocenters. The summed E-state index contributed by atoms with van der Waals surface area (Å²) >= 11 is 6.06. The summed E-state index contributed by atoms with van der Waals surface area (Å²) in [6, 6.07) is 7.90. The summed E-state index contributed by atoms with van der Waals surface area (Å²) in [6.45, 7) is 4.17. The van der Waals surface area contributed by atoms with E-state index < -0.39 is 0 Å². The number of ether oxygens (including phenoxy) is 1. The average molecular weight is 199 g/mol. The molecule has 0 fully saturated rings. The Morgan fingerprint density at radius 3 is 2.38 bits per heavy atom. The van der Waals surface area contributed by atoms with Crippen LogP contribution in [0.1, 0.15) is 25.3 Å². The second-order valence-corrected chi connectivity index (χ2v) is 3.66. The molecule has 13 heavy (non-hydrogen) atoms. The van der Waals surface area contributed by atoms with Crippen LogP contribution >= 0.6 is 11.6 Å². The summed E-state index contributed by atoms with van der Waals surface area (Å²) in [5.41, 5.74) is 1.15. The van der Waals surface area contributed by atoms with E-state index in [1.54, 1.807) is 7.11 Å². The van der Waals surface area contributed by atoms with Crippen molar-refractivity contribution in [3.63, 3.8) is 0 Å². The molecule has 2 atom stereocenters. The van der Waals surface area contributed by atoms with Crippen molar-refractivity contribution in [1.29, 1.82) is 0 Å². The lowest BCUT2D eigenvalue weighted by Crippen LogP contribution is -2.14. The number of halogens is 1. The predicted molar refractivity (Wildman–Crippen MR) is 56.3 cm³/mol. The lowest BCUT2D eigenvalue weighted by molar-refractivity contribution is 0.0991. The molecule has 0 radical (unpaired) electrons. The molecule has 1 nitrogen and oxygen atoms in total. The van der Waals surface area contributed by atoms with Crippen LogP contribution < -0.4 is 0 Å². The largest absolute Gasteiger partial charge is 0.381 e. The standard InChI is InChI=1S/C11H15ClO/c1-8(9(2)13-3)10-6-4-5-7-11(10)12/h4-9H,1-3H3. The Morgan fingerprint density at radius 2 is 1.85 bits per heavy atom. The lowest BCUT2D eigenvalue weighted by Gasteiger charge is -2.19. The SMILES string of the molecule is COC(C)C(C)c1ccccc1Cl. The zero-order chi connectivity index (χ0) is 9.84. The zero-order valence-electron chi connectivity index (χ0n) is 8.25. The Kier molecular flexibility index (Phi) is 3.76. The first-order valence-electron chi connectivity index (χ1n) is 4.44. The molecule has 1 rings (SSSR count). The van der Waals surface area contributed by atoms with Gasteiger partial charge >= 0.3 is 0 Å². The highest BCUT2D eigenvalue weighted by Crippen LogP contribution is 2.27. The first-order valence-corrected chi connectivity index (χ1v) is 4.81. The molecule has 0 aliphatic heterocycles. The number of hydrogen-bond acceptors (Lipinski definition) is 1. The van der Waals surface area contributed by atoms with Crippen LogP contribution in [0.5, 0.6) is 0 Å². The van der Waals surface area contributed by atoms with E-state index in [4.69, 9.17) is 16.3 Å². The van der Waals surface area contributed by atoms with Gasteiger partial charge in [-0.25, -0.2) is 0 Å². The Bertz CT molecular complexity index is 273. The van der Waals surface area contributed by atoms with Gasteiger partial charge < -0.3 is 4.74 Å². The fourth-order valence-electron chi connectivity index (χ4n) is 1.30. The lowest BCUT2D eigenvalue weighted by atomic mass is 9.96. The van der Waals surface area contributed by atoms with Gasteiger partial charge in [-0.15, -0.1) is 0 Å². The molecule has 1 aromatic rings. The Balaban J connectivity index is 2.88. The summed E-state index contributed by atoms with van der Waals surface area (Å²) in [5, 5.41) is 0.818. The van der Waals surface area contributed by atoms with E-state index in [-0.39, 0.29) is 6.10 Å². The molecule has 0 N–H and O–H groups in total. The highest BCUT2D eigenvalue weighted by molar-refractivity contribution is 6.31. The number of hydrogen-bond donors (Lipinski definition) is 0. The van der Waals surface area contributed by atoms with Gasteiger partial charge in [0.2, 0.25) is 0 Å². The van der Waals surface area contributed by atoms with Gasteiger partial charge in [-0.3, -0.25) is 0 Å². The molecule has 0 saturated carbocycles. The molecule has 2 heteroatoms. The van der Waals surface area contributed by atoms with Crippen LogP contribution in [0, 0.1) is 0 Å². The van der Waals surface area contributed by atoms with Gasteiger partial charge in [-0.2, -0.15) is 0 Å². The van der Waals surface area contributed by atoms with Gasteiger partial charge in [-0.05, 0) is 18.6 Å². The van der Waals surface area contributed by atoms with Gasteiger partial charge in [0.25, 0.3) is 0 Å². The van der Waals surface area contributed by atoms with Gasteiger partial charge in [0.15, 0.2) is 0 Å². The zero-order valence-corrected chi connectivity index (χ0v) is 9.01. The van der Waals surface area contributed by atoms with Crippen LogP contribution in [0.2, 0.25) is 5.02 Å². The van der Waals surface area contributed by atoms with Crippen LogP contribution in [-0.2, 0) is 4.74 Å². The van der Waals surface area contributed by atoms with E-state index in [1.165, 1.54) is 0 Å². The summed E-state index contributed by atoms with van der Waals surface area (Å²) in [5.74, 6) is 0.332. The van der Waals surface area contributed by atoms with Crippen molar-refractivity contribution in [3.8, 4) is 0 Å². The molecule has 0 amide bonds. The average Bonchev–Trinajstić information content (AvgIpc) is 2.16. The van der Waals surface area contributed by atoms with Crippen LogP contribution in [0.4, 0.5) is 0 Å². The number of rotatable bonds is 3. The molecule has 0 heterocycles. The Labute approximate surface area is 84.7 Å². The Hall–Kier alpha value is -0.530. The molecule has 0 bridgehead atoms. The van der Waals surface area contributed by atoms with Gasteiger partial charge in [-0.1, -0.05) is 36.7 Å². The van der Waals surface area contributed by atoms with Crippen molar-refractivity contribution in [1.82, 2.24) is 0 Å². The van der Waals surface area contributed by atoms with Gasteiger partial charge in [0.05, 0.1) is 6.10 Å². The topological polar surface area (TPSA) is 9.23 Å². The second kappa shape index (κ2) is 4.64. The van der Waals surface area contributed by atoms with E-state index >= 15 is 0 Å². The van der Waals surface area contributed by atoms with Crippen molar-refractivity contribution in [2.45, 2.75) is 25.9 Å². The third-order valence-electron chi connectivity index (χ3n) is 2.47. The van der Waals surface area contributed by atoms with Crippen LogP contribution in [0.15, 0.2) is 24.3 Å². The fraction of sp³-hybridized carbons (Fsp3) is 0.455. The van der Waals surface area contributed by atoms with Crippen molar-refractivity contribution in [2.75, 3.05) is 7.11 Å². The van der Waals surface area contributed by atoms with Crippen molar-refractivity contribution in [3.05, 3.63) is 34.9 Å². The summed E-state index contributed by atoms with van der Waals surface area (Å²) < 4.78 is 5.26. The number of benzene rings is 1. The molecule has 0 saturated heterocycles. The summed E-state index contributed by atoms with van der Waals surface area (Å²) in [4.78, 5) is 0. The summed E-state index contributed by atoms with van der Waals surface area (Å²) in [7, 11) is 1.72. The number of methoxy groups -OCH3 is 1. The highest BCUT2D eigenvalue weighted by Gasteiger charge is 2.15. The minimum Gasteiger partial charge on any atom is -0.381 e. The summed E-state index contributed by atoms with van der Waals surface area (Å²) in [6.07, 6.45) is 0.194. The maximum absolute atomic E-state index is 6.06. The van der Waals surface area contributed by atoms with E-state index in [2.05, 4.69) is 6.92 Å². The van der Waals surface area contributed by atoms with Crippen molar-refractivity contribution < 1.29 is 4.74 Å². The highest BCUT2D eigenvalue weighted by atomic mass is 35.5. The molecular weight excluding hydrogens is 184 g/mol. The van der Waals surface area contributed by atoms with E-state index in [9.17, 15) is 0 Å². The van der Waals surface area contributed by atoms with Crippen molar-refractivity contribution in [2.24, 2.45) is 0 Å². The molecule has 0 aromatic heterocycles. The third kappa shape index (κ3) is 2.45. The van der Waals surface area contributed by atoms with Crippen LogP contribution in [0.25, 0.3) is 0 Å². The maximum Gasteiger partial charge on any atom is 0.0609 e. The maximum atomic E-state index is 6.06.